The van der Waals surface area contributed by atoms with Gasteiger partial charge in [0.15, 0.2) is 0 Å². The molecule has 0 spiro atoms. The molecular formula is C12H23N3O. The van der Waals surface area contributed by atoms with Crippen molar-refractivity contribution in [1.29, 1.82) is 0 Å². The van der Waals surface area contributed by atoms with E-state index in [1.165, 1.54) is 5.69 Å². The highest BCUT2D eigenvalue weighted by Crippen LogP contribution is 2.06. The lowest BCUT2D eigenvalue weighted by atomic mass is 10.2. The molecule has 0 fully saturated rings. The molecule has 1 unspecified atom stereocenters. The molecule has 0 aromatic carbocycles. The molecule has 0 aliphatic rings. The van der Waals surface area contributed by atoms with E-state index >= 15 is 0 Å². The van der Waals surface area contributed by atoms with E-state index in [0.717, 1.165) is 31.6 Å². The fraction of sp³-hybridized carbons (Fsp3) is 0.750. The molecule has 16 heavy (non-hydrogen) atoms. The topological polar surface area (TPSA) is 50.1 Å². The minimum absolute atomic E-state index is 0.196. The Morgan fingerprint density at radius 2 is 2.25 bits per heavy atom. The van der Waals surface area contributed by atoms with E-state index in [0.29, 0.717) is 0 Å². The molecule has 0 amide bonds. The van der Waals surface area contributed by atoms with Gasteiger partial charge in [-0.3, -0.25) is 0 Å². The van der Waals surface area contributed by atoms with Gasteiger partial charge >= 0.3 is 0 Å². The quantitative estimate of drug-likeness (QED) is 0.734. The average molecular weight is 225 g/mol. The van der Waals surface area contributed by atoms with Gasteiger partial charge in [-0.1, -0.05) is 6.92 Å². The van der Waals surface area contributed by atoms with E-state index < -0.39 is 0 Å². The zero-order chi connectivity index (χ0) is 12.0. The van der Waals surface area contributed by atoms with Crippen LogP contribution in [0.2, 0.25) is 0 Å². The van der Waals surface area contributed by atoms with Crippen LogP contribution >= 0.6 is 0 Å². The molecule has 4 heteroatoms. The van der Waals surface area contributed by atoms with Crippen molar-refractivity contribution in [2.24, 2.45) is 0 Å². The summed E-state index contributed by atoms with van der Waals surface area (Å²) < 4.78 is 2.14. The van der Waals surface area contributed by atoms with E-state index in [1.807, 2.05) is 13.3 Å². The molecule has 1 heterocycles. The number of hydrogen-bond acceptors (Lipinski definition) is 3. The summed E-state index contributed by atoms with van der Waals surface area (Å²) in [5.41, 5.74) is 2.30. The number of nitrogens with one attached hydrogen (secondary N) is 1. The van der Waals surface area contributed by atoms with Crippen LogP contribution in [-0.4, -0.2) is 33.9 Å². The predicted molar refractivity (Wildman–Crippen MR) is 65.5 cm³/mol. The third kappa shape index (κ3) is 3.61. The number of hydrogen-bond donors (Lipinski definition) is 2. The van der Waals surface area contributed by atoms with E-state index in [9.17, 15) is 5.11 Å². The molecule has 0 aliphatic heterocycles. The van der Waals surface area contributed by atoms with Gasteiger partial charge in [0.25, 0.3) is 0 Å². The normalized spacial score (nSPS) is 13.0. The van der Waals surface area contributed by atoms with Gasteiger partial charge in [0.2, 0.25) is 0 Å². The lowest BCUT2D eigenvalue weighted by molar-refractivity contribution is 0.231. The summed E-state index contributed by atoms with van der Waals surface area (Å²) in [5, 5.41) is 12.5. The van der Waals surface area contributed by atoms with Crippen molar-refractivity contribution in [3.8, 4) is 0 Å². The number of aliphatic hydroxyl groups excluding tert-OH is 1. The Morgan fingerprint density at radius 3 is 2.75 bits per heavy atom. The summed E-state index contributed by atoms with van der Waals surface area (Å²) in [7, 11) is 0. The highest BCUT2D eigenvalue weighted by Gasteiger charge is 2.07. The number of aryl methyl sites for hydroxylation is 2. The second-order valence-corrected chi connectivity index (χ2v) is 4.23. The van der Waals surface area contributed by atoms with Gasteiger partial charge in [-0.05, 0) is 33.2 Å². The van der Waals surface area contributed by atoms with Gasteiger partial charge in [0.1, 0.15) is 0 Å². The fourth-order valence-electron chi connectivity index (χ4n) is 1.67. The van der Waals surface area contributed by atoms with Gasteiger partial charge in [-0.15, -0.1) is 0 Å². The van der Waals surface area contributed by atoms with Crippen molar-refractivity contribution >= 4 is 0 Å². The van der Waals surface area contributed by atoms with Crippen LogP contribution in [0.15, 0.2) is 6.33 Å². The van der Waals surface area contributed by atoms with Crippen molar-refractivity contribution in [1.82, 2.24) is 14.9 Å². The van der Waals surface area contributed by atoms with Gasteiger partial charge in [0, 0.05) is 18.3 Å². The largest absolute Gasteiger partial charge is 0.395 e. The smallest absolute Gasteiger partial charge is 0.0951 e. The maximum absolute atomic E-state index is 9.22. The molecule has 0 aliphatic carbocycles. The summed E-state index contributed by atoms with van der Waals surface area (Å²) in [6.07, 6.45) is 3.91. The zero-order valence-electron chi connectivity index (χ0n) is 10.5. The molecule has 4 nitrogen and oxygen atoms in total. The first-order valence-electron chi connectivity index (χ1n) is 6.01. The first-order valence-corrected chi connectivity index (χ1v) is 6.01. The van der Waals surface area contributed by atoms with Gasteiger partial charge in [-0.25, -0.2) is 4.98 Å². The third-order valence-corrected chi connectivity index (χ3v) is 2.97. The van der Waals surface area contributed by atoms with Crippen LogP contribution in [0.25, 0.3) is 0 Å². The van der Waals surface area contributed by atoms with Crippen LogP contribution in [0.4, 0.5) is 0 Å². The Labute approximate surface area is 97.7 Å². The van der Waals surface area contributed by atoms with E-state index in [-0.39, 0.29) is 12.6 Å². The Hall–Kier alpha value is -0.870. The van der Waals surface area contributed by atoms with Gasteiger partial charge < -0.3 is 15.0 Å². The lowest BCUT2D eigenvalue weighted by Gasteiger charge is -2.16. The van der Waals surface area contributed by atoms with E-state index in [2.05, 4.69) is 28.7 Å². The predicted octanol–water partition coefficient (Wildman–Crippen LogP) is 1.25. The third-order valence-electron chi connectivity index (χ3n) is 2.97. The SMILES string of the molecule is CCCNC(CO)CCn1cnc(C)c1C. The number of nitrogens with zero attached hydrogens (tertiary/aromatic N) is 2. The summed E-state index contributed by atoms with van der Waals surface area (Å²) in [6.45, 7) is 8.31. The van der Waals surface area contributed by atoms with Crippen molar-refractivity contribution in [2.75, 3.05) is 13.2 Å². The molecule has 0 saturated heterocycles. The van der Waals surface area contributed by atoms with E-state index in [1.54, 1.807) is 0 Å². The van der Waals surface area contributed by atoms with Crippen LogP contribution in [0, 0.1) is 13.8 Å². The van der Waals surface area contributed by atoms with Crippen LogP contribution in [0.1, 0.15) is 31.2 Å². The highest BCUT2D eigenvalue weighted by molar-refractivity contribution is 5.08. The molecule has 0 radical (unpaired) electrons. The molecule has 1 atom stereocenters. The second-order valence-electron chi connectivity index (χ2n) is 4.23. The molecule has 92 valence electrons. The van der Waals surface area contributed by atoms with Gasteiger partial charge in [0.05, 0.1) is 18.6 Å². The number of imidazole rings is 1. The first kappa shape index (κ1) is 13.2. The monoisotopic (exact) mass is 225 g/mol. The summed E-state index contributed by atoms with van der Waals surface area (Å²) >= 11 is 0. The minimum atomic E-state index is 0.196. The number of aromatic nitrogens is 2. The van der Waals surface area contributed by atoms with E-state index in [4.69, 9.17) is 0 Å². The number of aliphatic hydroxyl groups is 1. The van der Waals surface area contributed by atoms with Gasteiger partial charge in [-0.2, -0.15) is 0 Å². The lowest BCUT2D eigenvalue weighted by Crippen LogP contribution is -2.34. The van der Waals surface area contributed by atoms with Crippen LogP contribution in [-0.2, 0) is 6.54 Å². The number of rotatable bonds is 7. The first-order chi connectivity index (χ1) is 7.69. The van der Waals surface area contributed by atoms with Crippen LogP contribution < -0.4 is 5.32 Å². The molecule has 0 bridgehead atoms. The zero-order valence-corrected chi connectivity index (χ0v) is 10.5. The molecule has 0 saturated carbocycles. The molecule has 1 aromatic heterocycles. The Morgan fingerprint density at radius 1 is 1.50 bits per heavy atom. The van der Waals surface area contributed by atoms with Crippen LogP contribution in [0.3, 0.4) is 0 Å². The Balaban J connectivity index is 2.40. The molecule has 2 N–H and O–H groups in total. The second kappa shape index (κ2) is 6.66. The minimum Gasteiger partial charge on any atom is -0.395 e. The highest BCUT2D eigenvalue weighted by atomic mass is 16.3. The summed E-state index contributed by atoms with van der Waals surface area (Å²) in [6, 6.07) is 0.196. The summed E-state index contributed by atoms with van der Waals surface area (Å²) in [5.74, 6) is 0. The maximum atomic E-state index is 9.22. The van der Waals surface area contributed by atoms with Crippen molar-refractivity contribution < 1.29 is 5.11 Å². The standard InChI is InChI=1S/C12H23N3O/c1-4-6-13-12(8-16)5-7-15-9-14-10(2)11(15)3/h9,12-13,16H,4-8H2,1-3H3. The fourth-order valence-corrected chi connectivity index (χ4v) is 1.67. The average Bonchev–Trinajstić information content (AvgIpc) is 2.61. The Kier molecular flexibility index (Phi) is 5.49. The van der Waals surface area contributed by atoms with Crippen molar-refractivity contribution in [2.45, 2.75) is 46.2 Å². The van der Waals surface area contributed by atoms with Crippen LogP contribution in [0.5, 0.6) is 0 Å². The summed E-state index contributed by atoms with van der Waals surface area (Å²) in [4.78, 5) is 4.26. The maximum Gasteiger partial charge on any atom is 0.0951 e. The molecular weight excluding hydrogens is 202 g/mol. The van der Waals surface area contributed by atoms with Crippen molar-refractivity contribution in [3.63, 3.8) is 0 Å². The van der Waals surface area contributed by atoms with Crippen molar-refractivity contribution in [3.05, 3.63) is 17.7 Å². The molecule has 1 rings (SSSR count). The molecule has 1 aromatic rings. The Bertz CT molecular complexity index is 309.